The lowest BCUT2D eigenvalue weighted by molar-refractivity contribution is -0.107. The third-order valence-corrected chi connectivity index (χ3v) is 3.22. The Balaban J connectivity index is 3.05. The minimum absolute atomic E-state index is 0.764. The molecule has 1 atom stereocenters. The van der Waals surface area contributed by atoms with Crippen LogP contribution in [0, 0.1) is 6.92 Å². The van der Waals surface area contributed by atoms with Crippen molar-refractivity contribution in [2.24, 2.45) is 0 Å². The Kier molecular flexibility index (Phi) is 4.51. The Morgan fingerprint density at radius 2 is 1.75 bits per heavy atom. The zero-order valence-corrected chi connectivity index (χ0v) is 10.8. The van der Waals surface area contributed by atoms with Crippen LogP contribution >= 0.6 is 0 Å². The topological polar surface area (TPSA) is 23.5 Å². The number of rotatable bonds is 5. The lowest BCUT2D eigenvalue weighted by Gasteiger charge is -2.37. The second kappa shape index (κ2) is 5.46. The average Bonchev–Trinajstić information content (AvgIpc) is 2.29. The first-order chi connectivity index (χ1) is 7.54. The minimum Gasteiger partial charge on any atom is -0.371 e. The average molecular weight is 221 g/mol. The predicted octanol–water partition coefficient (Wildman–Crippen LogP) is 2.89. The molecule has 0 saturated carbocycles. The first-order valence-corrected chi connectivity index (χ1v) is 6.05. The highest BCUT2D eigenvalue weighted by Gasteiger charge is 2.31. The molecule has 90 valence electrons. The molecular formula is C14H23NO. The van der Waals surface area contributed by atoms with E-state index in [2.05, 4.69) is 32.9 Å². The van der Waals surface area contributed by atoms with Crippen molar-refractivity contribution in [2.45, 2.75) is 39.3 Å². The maximum absolute atomic E-state index is 10.8. The van der Waals surface area contributed by atoms with Crippen LogP contribution in [0.25, 0.3) is 0 Å². The lowest BCUT2D eigenvalue weighted by Crippen LogP contribution is -2.43. The third-order valence-electron chi connectivity index (χ3n) is 3.22. The molecule has 0 saturated heterocycles. The number of benzene rings is 1. The van der Waals surface area contributed by atoms with Crippen LogP contribution in [0.3, 0.4) is 0 Å². The molecule has 0 aliphatic rings. The van der Waals surface area contributed by atoms with Gasteiger partial charge in [-0.05, 0) is 32.5 Å². The van der Waals surface area contributed by atoms with Crippen molar-refractivity contribution in [1.29, 1.82) is 0 Å². The van der Waals surface area contributed by atoms with Gasteiger partial charge in [0.05, 0.1) is 0 Å². The molecule has 0 bridgehead atoms. The second-order valence-electron chi connectivity index (χ2n) is 4.45. The highest BCUT2D eigenvalue weighted by Crippen LogP contribution is 2.29. The molecule has 0 spiro atoms. The van der Waals surface area contributed by atoms with E-state index in [4.69, 9.17) is 0 Å². The SMILES string of the molecule is CCCC(O)(c1ccc(C)cc1)N(C)CC. The number of hydrogen-bond donors (Lipinski definition) is 1. The van der Waals surface area contributed by atoms with Crippen LogP contribution in [0.2, 0.25) is 0 Å². The molecule has 16 heavy (non-hydrogen) atoms. The molecule has 0 heterocycles. The summed E-state index contributed by atoms with van der Waals surface area (Å²) in [7, 11) is 1.97. The van der Waals surface area contributed by atoms with E-state index in [0.29, 0.717) is 0 Å². The van der Waals surface area contributed by atoms with Crippen LogP contribution in [-0.4, -0.2) is 23.6 Å². The highest BCUT2D eigenvalue weighted by atomic mass is 16.3. The quantitative estimate of drug-likeness (QED) is 0.773. The molecule has 1 unspecified atom stereocenters. The van der Waals surface area contributed by atoms with E-state index >= 15 is 0 Å². The molecule has 0 fully saturated rings. The molecule has 1 aromatic carbocycles. The molecule has 0 radical (unpaired) electrons. The van der Waals surface area contributed by atoms with Gasteiger partial charge in [-0.2, -0.15) is 0 Å². The second-order valence-corrected chi connectivity index (χ2v) is 4.45. The summed E-state index contributed by atoms with van der Waals surface area (Å²) in [6, 6.07) is 8.16. The van der Waals surface area contributed by atoms with Crippen LogP contribution in [-0.2, 0) is 5.72 Å². The number of hydrogen-bond acceptors (Lipinski definition) is 2. The highest BCUT2D eigenvalue weighted by molar-refractivity contribution is 5.26. The van der Waals surface area contributed by atoms with Gasteiger partial charge in [-0.3, -0.25) is 4.90 Å². The summed E-state index contributed by atoms with van der Waals surface area (Å²) in [5.74, 6) is 0. The van der Waals surface area contributed by atoms with Crippen molar-refractivity contribution in [3.63, 3.8) is 0 Å². The van der Waals surface area contributed by atoms with E-state index in [0.717, 1.165) is 24.9 Å². The zero-order valence-electron chi connectivity index (χ0n) is 10.8. The number of nitrogens with zero attached hydrogens (tertiary/aromatic N) is 1. The van der Waals surface area contributed by atoms with E-state index in [-0.39, 0.29) is 0 Å². The van der Waals surface area contributed by atoms with Crippen molar-refractivity contribution >= 4 is 0 Å². The summed E-state index contributed by atoms with van der Waals surface area (Å²) < 4.78 is 0. The molecule has 1 aromatic rings. The fourth-order valence-corrected chi connectivity index (χ4v) is 1.99. The van der Waals surface area contributed by atoms with Crippen LogP contribution in [0.4, 0.5) is 0 Å². The summed E-state index contributed by atoms with van der Waals surface area (Å²) >= 11 is 0. The van der Waals surface area contributed by atoms with Crippen LogP contribution in [0.1, 0.15) is 37.8 Å². The van der Waals surface area contributed by atoms with Gasteiger partial charge < -0.3 is 5.11 Å². The summed E-state index contributed by atoms with van der Waals surface area (Å²) in [4.78, 5) is 2.00. The van der Waals surface area contributed by atoms with Gasteiger partial charge in [0, 0.05) is 0 Å². The number of aliphatic hydroxyl groups is 1. The predicted molar refractivity (Wildman–Crippen MR) is 68.3 cm³/mol. The molecular weight excluding hydrogens is 198 g/mol. The first kappa shape index (κ1) is 13.2. The Morgan fingerprint density at radius 3 is 2.19 bits per heavy atom. The van der Waals surface area contributed by atoms with Crippen molar-refractivity contribution in [2.75, 3.05) is 13.6 Å². The van der Waals surface area contributed by atoms with Gasteiger partial charge in [-0.1, -0.05) is 50.1 Å². The Hall–Kier alpha value is -0.860. The molecule has 1 rings (SSSR count). The Morgan fingerprint density at radius 1 is 1.19 bits per heavy atom. The summed E-state index contributed by atoms with van der Waals surface area (Å²) in [6.07, 6.45) is 1.73. The molecule has 2 nitrogen and oxygen atoms in total. The molecule has 0 aliphatic carbocycles. The van der Waals surface area contributed by atoms with Crippen molar-refractivity contribution in [3.05, 3.63) is 35.4 Å². The van der Waals surface area contributed by atoms with E-state index < -0.39 is 5.72 Å². The smallest absolute Gasteiger partial charge is 0.144 e. The van der Waals surface area contributed by atoms with Gasteiger partial charge >= 0.3 is 0 Å². The van der Waals surface area contributed by atoms with Crippen molar-refractivity contribution in [1.82, 2.24) is 4.90 Å². The number of aryl methyl sites for hydroxylation is 1. The van der Waals surface area contributed by atoms with Gasteiger partial charge in [0.1, 0.15) is 5.72 Å². The lowest BCUT2D eigenvalue weighted by atomic mass is 9.95. The monoisotopic (exact) mass is 221 g/mol. The van der Waals surface area contributed by atoms with Crippen LogP contribution < -0.4 is 0 Å². The normalized spacial score (nSPS) is 15.1. The zero-order chi connectivity index (χ0) is 12.2. The van der Waals surface area contributed by atoms with Crippen molar-refractivity contribution in [3.8, 4) is 0 Å². The Bertz CT molecular complexity index is 320. The molecule has 0 amide bonds. The fourth-order valence-electron chi connectivity index (χ4n) is 1.99. The molecule has 0 aliphatic heterocycles. The molecule has 0 aromatic heterocycles. The van der Waals surface area contributed by atoms with Crippen LogP contribution in [0.15, 0.2) is 24.3 Å². The van der Waals surface area contributed by atoms with Crippen molar-refractivity contribution < 1.29 is 5.11 Å². The van der Waals surface area contributed by atoms with E-state index in [1.165, 1.54) is 5.56 Å². The molecule has 2 heteroatoms. The van der Waals surface area contributed by atoms with Gasteiger partial charge in [0.2, 0.25) is 0 Å². The van der Waals surface area contributed by atoms with Gasteiger partial charge in [-0.15, -0.1) is 0 Å². The largest absolute Gasteiger partial charge is 0.371 e. The summed E-state index contributed by atoms with van der Waals surface area (Å²) in [5.41, 5.74) is 1.39. The fraction of sp³-hybridized carbons (Fsp3) is 0.571. The van der Waals surface area contributed by atoms with Gasteiger partial charge in [0.15, 0.2) is 0 Å². The van der Waals surface area contributed by atoms with E-state index in [9.17, 15) is 5.11 Å². The standard InChI is InChI=1S/C14H23NO/c1-5-11-14(16,15(4)6-2)13-9-7-12(3)8-10-13/h7-10,16H,5-6,11H2,1-4H3. The summed E-state index contributed by atoms with van der Waals surface area (Å²) in [6.45, 7) is 7.06. The summed E-state index contributed by atoms with van der Waals surface area (Å²) in [5, 5.41) is 10.8. The maximum Gasteiger partial charge on any atom is 0.144 e. The Labute approximate surface area is 98.9 Å². The van der Waals surface area contributed by atoms with E-state index in [1.807, 2.05) is 24.1 Å². The van der Waals surface area contributed by atoms with Gasteiger partial charge in [-0.25, -0.2) is 0 Å². The minimum atomic E-state index is -0.822. The van der Waals surface area contributed by atoms with Gasteiger partial charge in [0.25, 0.3) is 0 Å². The first-order valence-electron chi connectivity index (χ1n) is 6.05. The maximum atomic E-state index is 10.8. The van der Waals surface area contributed by atoms with E-state index in [1.54, 1.807) is 0 Å². The van der Waals surface area contributed by atoms with Crippen LogP contribution in [0.5, 0.6) is 0 Å². The third kappa shape index (κ3) is 2.63. The molecule has 1 N–H and O–H groups in total.